The topological polar surface area (TPSA) is 29.9 Å². The molecule has 1 aromatic heterocycles. The summed E-state index contributed by atoms with van der Waals surface area (Å²) in [4.78, 5) is 0. The van der Waals surface area contributed by atoms with Crippen LogP contribution in [0.3, 0.4) is 0 Å². The molecule has 1 aliphatic heterocycles. The van der Waals surface area contributed by atoms with Crippen LogP contribution in [0.15, 0.2) is 4.47 Å². The van der Waals surface area contributed by atoms with Gasteiger partial charge in [-0.05, 0) is 41.7 Å². The molecule has 1 saturated heterocycles. The van der Waals surface area contributed by atoms with Gasteiger partial charge in [-0.3, -0.25) is 4.68 Å². The van der Waals surface area contributed by atoms with E-state index in [-0.39, 0.29) is 6.04 Å². The van der Waals surface area contributed by atoms with Crippen LogP contribution in [0.2, 0.25) is 0 Å². The van der Waals surface area contributed by atoms with Crippen LogP contribution in [0.1, 0.15) is 31.2 Å². The Morgan fingerprint density at radius 3 is 2.94 bits per heavy atom. The highest BCUT2D eigenvalue weighted by Gasteiger charge is 2.26. The molecule has 0 radical (unpaired) electrons. The van der Waals surface area contributed by atoms with Gasteiger partial charge < -0.3 is 5.32 Å². The molecule has 0 aliphatic carbocycles. The molecule has 1 N–H and O–H groups in total. The van der Waals surface area contributed by atoms with Crippen molar-refractivity contribution in [2.45, 2.75) is 44.8 Å². The lowest BCUT2D eigenvalue weighted by Gasteiger charge is -2.16. The van der Waals surface area contributed by atoms with Crippen molar-refractivity contribution in [1.82, 2.24) is 15.1 Å². The molecule has 5 heteroatoms. The van der Waals surface area contributed by atoms with Crippen molar-refractivity contribution < 1.29 is 4.39 Å². The molecule has 17 heavy (non-hydrogen) atoms. The van der Waals surface area contributed by atoms with Crippen molar-refractivity contribution in [2.24, 2.45) is 7.05 Å². The van der Waals surface area contributed by atoms with E-state index >= 15 is 0 Å². The predicted octanol–water partition coefficient (Wildman–Crippen LogP) is 2.38. The van der Waals surface area contributed by atoms with Gasteiger partial charge in [0.2, 0.25) is 0 Å². The van der Waals surface area contributed by atoms with E-state index in [4.69, 9.17) is 0 Å². The Bertz CT molecular complexity index is 385. The third kappa shape index (κ3) is 2.71. The number of alkyl halides is 1. The summed E-state index contributed by atoms with van der Waals surface area (Å²) in [5, 5.41) is 7.61. The van der Waals surface area contributed by atoms with Crippen molar-refractivity contribution in [3.63, 3.8) is 0 Å². The van der Waals surface area contributed by atoms with Crippen molar-refractivity contribution in [3.8, 4) is 0 Å². The molecule has 0 aromatic carbocycles. The molecule has 0 spiro atoms. The summed E-state index contributed by atoms with van der Waals surface area (Å²) in [7, 11) is 1.88. The number of nitrogens with one attached hydrogen (secondary N) is 1. The minimum absolute atomic E-state index is 0.0156. The molecule has 0 amide bonds. The first-order valence-corrected chi connectivity index (χ1v) is 7.00. The minimum atomic E-state index is -0.825. The van der Waals surface area contributed by atoms with E-state index in [1.54, 1.807) is 4.68 Å². The molecule has 2 unspecified atom stereocenters. The molecular weight excluding hydrogens is 285 g/mol. The van der Waals surface area contributed by atoms with E-state index in [1.807, 2.05) is 7.05 Å². The van der Waals surface area contributed by atoms with Gasteiger partial charge in [-0.25, -0.2) is 4.39 Å². The van der Waals surface area contributed by atoms with Crippen LogP contribution in [-0.4, -0.2) is 28.5 Å². The van der Waals surface area contributed by atoms with Gasteiger partial charge in [-0.15, -0.1) is 0 Å². The van der Waals surface area contributed by atoms with E-state index in [0.717, 1.165) is 41.7 Å². The van der Waals surface area contributed by atoms with Gasteiger partial charge >= 0.3 is 0 Å². The number of aromatic nitrogens is 2. The summed E-state index contributed by atoms with van der Waals surface area (Å²) < 4.78 is 16.9. The summed E-state index contributed by atoms with van der Waals surface area (Å²) in [6.45, 7) is 3.00. The average molecular weight is 304 g/mol. The Hall–Kier alpha value is -0.420. The lowest BCUT2D eigenvalue weighted by Crippen LogP contribution is -2.33. The number of rotatable bonds is 4. The Labute approximate surface area is 110 Å². The highest BCUT2D eigenvalue weighted by molar-refractivity contribution is 9.10. The molecule has 2 rings (SSSR count). The Morgan fingerprint density at radius 1 is 1.65 bits per heavy atom. The van der Waals surface area contributed by atoms with Crippen molar-refractivity contribution in [3.05, 3.63) is 15.9 Å². The van der Waals surface area contributed by atoms with Crippen molar-refractivity contribution in [2.75, 3.05) is 6.54 Å². The van der Waals surface area contributed by atoms with Gasteiger partial charge in [0.1, 0.15) is 6.17 Å². The fourth-order valence-corrected chi connectivity index (χ4v) is 3.17. The normalized spacial score (nSPS) is 22.0. The number of nitrogens with zero attached hydrogens (tertiary/aromatic N) is 2. The smallest absolute Gasteiger partial charge is 0.121 e. The lowest BCUT2D eigenvalue weighted by molar-refractivity contribution is 0.259. The van der Waals surface area contributed by atoms with E-state index < -0.39 is 6.17 Å². The monoisotopic (exact) mass is 303 g/mol. The first-order valence-electron chi connectivity index (χ1n) is 6.21. The van der Waals surface area contributed by atoms with E-state index in [0.29, 0.717) is 6.42 Å². The zero-order chi connectivity index (χ0) is 12.4. The summed E-state index contributed by atoms with van der Waals surface area (Å²) in [5.74, 6) is 0. The second kappa shape index (κ2) is 5.48. The molecule has 1 aromatic rings. The molecule has 96 valence electrons. The Kier molecular flexibility index (Phi) is 4.20. The predicted molar refractivity (Wildman–Crippen MR) is 69.9 cm³/mol. The maximum absolute atomic E-state index is 14.1. The molecular formula is C12H19BrFN3. The van der Waals surface area contributed by atoms with Crippen LogP contribution in [0.25, 0.3) is 0 Å². The summed E-state index contributed by atoms with van der Waals surface area (Å²) in [6.07, 6.45) is 2.50. The second-order valence-corrected chi connectivity index (χ2v) is 5.40. The molecule has 2 heterocycles. The van der Waals surface area contributed by atoms with Gasteiger partial charge in [-0.2, -0.15) is 5.10 Å². The van der Waals surface area contributed by atoms with E-state index in [9.17, 15) is 4.39 Å². The number of aryl methyl sites for hydroxylation is 2. The summed E-state index contributed by atoms with van der Waals surface area (Å²) in [5.41, 5.74) is 1.97. The zero-order valence-electron chi connectivity index (χ0n) is 10.3. The molecule has 0 saturated carbocycles. The largest absolute Gasteiger partial charge is 0.311 e. The fraction of sp³-hybridized carbons (Fsp3) is 0.750. The van der Waals surface area contributed by atoms with Gasteiger partial charge in [0, 0.05) is 19.5 Å². The molecule has 1 aliphatic rings. The van der Waals surface area contributed by atoms with Crippen LogP contribution in [0, 0.1) is 0 Å². The van der Waals surface area contributed by atoms with Crippen LogP contribution >= 0.6 is 15.9 Å². The van der Waals surface area contributed by atoms with Crippen molar-refractivity contribution >= 4 is 15.9 Å². The van der Waals surface area contributed by atoms with E-state index in [1.165, 1.54) is 0 Å². The van der Waals surface area contributed by atoms with Crippen LogP contribution < -0.4 is 5.32 Å². The highest BCUT2D eigenvalue weighted by Crippen LogP contribution is 2.25. The lowest BCUT2D eigenvalue weighted by atomic mass is 10.1. The summed E-state index contributed by atoms with van der Waals surface area (Å²) >= 11 is 3.53. The first-order chi connectivity index (χ1) is 8.13. The number of hydrogen-bond acceptors (Lipinski definition) is 2. The van der Waals surface area contributed by atoms with Gasteiger partial charge in [-0.1, -0.05) is 6.92 Å². The highest BCUT2D eigenvalue weighted by atomic mass is 79.9. The fourth-order valence-electron chi connectivity index (χ4n) is 2.39. The molecule has 3 nitrogen and oxygen atoms in total. The maximum atomic E-state index is 14.1. The van der Waals surface area contributed by atoms with Crippen LogP contribution in [-0.2, 0) is 19.9 Å². The minimum Gasteiger partial charge on any atom is -0.311 e. The van der Waals surface area contributed by atoms with Gasteiger partial charge in [0.15, 0.2) is 0 Å². The van der Waals surface area contributed by atoms with Gasteiger partial charge in [0.25, 0.3) is 0 Å². The number of hydrogen-bond donors (Lipinski definition) is 1. The number of halogens is 2. The van der Waals surface area contributed by atoms with Crippen LogP contribution in [0.4, 0.5) is 4.39 Å². The Balaban J connectivity index is 2.09. The van der Waals surface area contributed by atoms with Crippen molar-refractivity contribution in [1.29, 1.82) is 0 Å². The zero-order valence-corrected chi connectivity index (χ0v) is 11.9. The van der Waals surface area contributed by atoms with Gasteiger partial charge in [0.05, 0.1) is 15.9 Å². The molecule has 2 atom stereocenters. The SMILES string of the molecule is CCc1nn(C)c(CC(F)C2CCCN2)c1Br. The first kappa shape index (κ1) is 13.0. The third-order valence-electron chi connectivity index (χ3n) is 3.43. The second-order valence-electron chi connectivity index (χ2n) is 4.61. The standard InChI is InChI=1S/C12H19BrFN3/c1-3-9-12(13)11(17(2)16-9)7-8(14)10-5-4-6-15-10/h8,10,15H,3-7H2,1-2H3. The quantitative estimate of drug-likeness (QED) is 0.925. The third-order valence-corrected chi connectivity index (χ3v) is 4.34. The van der Waals surface area contributed by atoms with Crippen LogP contribution in [0.5, 0.6) is 0 Å². The molecule has 1 fully saturated rings. The average Bonchev–Trinajstić information content (AvgIpc) is 2.92. The van der Waals surface area contributed by atoms with E-state index in [2.05, 4.69) is 33.3 Å². The summed E-state index contributed by atoms with van der Waals surface area (Å²) in [6, 6.07) is 0.0156. The Morgan fingerprint density at radius 2 is 2.41 bits per heavy atom. The maximum Gasteiger partial charge on any atom is 0.121 e. The molecule has 0 bridgehead atoms.